The third-order valence-corrected chi connectivity index (χ3v) is 4.92. The second-order valence-corrected chi connectivity index (χ2v) is 8.05. The quantitative estimate of drug-likeness (QED) is 0.423. The van der Waals surface area contributed by atoms with Crippen molar-refractivity contribution in [3.05, 3.63) is 51.2 Å². The number of esters is 1. The van der Waals surface area contributed by atoms with Crippen LogP contribution >= 0.6 is 0 Å². The molecule has 0 atom stereocenters. The summed E-state index contributed by atoms with van der Waals surface area (Å²) in [5, 5.41) is 13.4. The number of hydroxylamine groups is 2. The molecule has 1 saturated heterocycles. The van der Waals surface area contributed by atoms with Crippen molar-refractivity contribution in [3.63, 3.8) is 0 Å². The van der Waals surface area contributed by atoms with E-state index in [1.807, 2.05) is 5.06 Å². The van der Waals surface area contributed by atoms with Crippen LogP contribution in [0.15, 0.2) is 30.0 Å². The van der Waals surface area contributed by atoms with Crippen LogP contribution in [-0.4, -0.2) is 40.8 Å². The highest BCUT2D eigenvalue weighted by Crippen LogP contribution is 2.38. The largest absolute Gasteiger partial charge is 0.465 e. The number of ether oxygens (including phenoxy) is 1. The zero-order valence-electron chi connectivity index (χ0n) is 16.7. The van der Waals surface area contributed by atoms with E-state index < -0.39 is 10.9 Å². The summed E-state index contributed by atoms with van der Waals surface area (Å²) in [4.78, 5) is 28.5. The van der Waals surface area contributed by atoms with E-state index in [2.05, 4.69) is 32.4 Å². The van der Waals surface area contributed by atoms with Gasteiger partial charge < -0.3 is 4.74 Å². The molecule has 0 radical (unpaired) electrons. The van der Waals surface area contributed by atoms with Crippen LogP contribution in [0, 0.1) is 10.1 Å². The van der Waals surface area contributed by atoms with Crippen molar-refractivity contribution in [2.24, 2.45) is 0 Å². The van der Waals surface area contributed by atoms with Gasteiger partial charge in [0, 0.05) is 17.2 Å². The first kappa shape index (κ1) is 21.1. The molecule has 2 rings (SSSR count). The van der Waals surface area contributed by atoms with E-state index in [-0.39, 0.29) is 23.4 Å². The van der Waals surface area contributed by atoms with Crippen LogP contribution in [0.3, 0.4) is 0 Å². The lowest BCUT2D eigenvalue weighted by molar-refractivity contribution is -0.436. The molecular weight excluding hydrogens is 348 g/mol. The normalized spacial score (nSPS) is 19.5. The predicted octanol–water partition coefficient (Wildman–Crippen LogP) is 4.07. The summed E-state index contributed by atoms with van der Waals surface area (Å²) in [5.74, 6) is -0.446. The van der Waals surface area contributed by atoms with Gasteiger partial charge in [-0.3, -0.25) is 15.0 Å². The Morgan fingerprint density at radius 3 is 2.22 bits per heavy atom. The lowest BCUT2D eigenvalue weighted by atomic mass is 9.82. The van der Waals surface area contributed by atoms with E-state index in [1.165, 1.54) is 13.2 Å². The molecule has 0 bridgehead atoms. The fraction of sp³-hybridized carbons (Fsp3) is 0.550. The molecular formula is C20H28N2O5. The number of benzene rings is 1. The SMILES string of the molecule is COC(=O)c1ccc(/C=C(\CON2C(C)(C)CCCC2(C)C)[N+](=O)[O-])cc1. The molecule has 0 N–H and O–H groups in total. The molecule has 1 aromatic rings. The Hall–Kier alpha value is -2.25. The summed E-state index contributed by atoms with van der Waals surface area (Å²) in [6.07, 6.45) is 4.52. The third-order valence-electron chi connectivity index (χ3n) is 4.92. The Morgan fingerprint density at radius 1 is 1.19 bits per heavy atom. The molecule has 7 nitrogen and oxygen atoms in total. The lowest BCUT2D eigenvalue weighted by Crippen LogP contribution is -2.58. The standard InChI is InChI=1S/C20H28N2O5/c1-19(2)11-6-12-20(3,4)22(19)27-14-17(21(24)25)13-15-7-9-16(10-8-15)18(23)26-5/h7-10,13H,6,11-12,14H2,1-5H3/b17-13+. The number of hydrogen-bond acceptors (Lipinski definition) is 6. The van der Waals surface area contributed by atoms with Gasteiger partial charge in [0.2, 0.25) is 0 Å². The fourth-order valence-corrected chi connectivity index (χ4v) is 3.63. The van der Waals surface area contributed by atoms with Crippen molar-refractivity contribution >= 4 is 12.0 Å². The van der Waals surface area contributed by atoms with Gasteiger partial charge in [-0.1, -0.05) is 12.1 Å². The molecule has 1 heterocycles. The van der Waals surface area contributed by atoms with Crippen LogP contribution in [0.2, 0.25) is 0 Å². The van der Waals surface area contributed by atoms with Gasteiger partial charge in [0.05, 0.1) is 17.6 Å². The number of nitro groups is 1. The van der Waals surface area contributed by atoms with E-state index in [4.69, 9.17) is 4.84 Å². The van der Waals surface area contributed by atoms with E-state index in [1.54, 1.807) is 24.3 Å². The van der Waals surface area contributed by atoms with Crippen molar-refractivity contribution in [3.8, 4) is 0 Å². The maximum absolute atomic E-state index is 11.5. The smallest absolute Gasteiger partial charge is 0.337 e. The van der Waals surface area contributed by atoms with Crippen molar-refractivity contribution < 1.29 is 19.3 Å². The van der Waals surface area contributed by atoms with Gasteiger partial charge in [0.15, 0.2) is 6.61 Å². The molecule has 0 saturated carbocycles. The predicted molar refractivity (Wildman–Crippen MR) is 103 cm³/mol. The van der Waals surface area contributed by atoms with E-state index >= 15 is 0 Å². The monoisotopic (exact) mass is 376 g/mol. The molecule has 0 amide bonds. The lowest BCUT2D eigenvalue weighted by Gasteiger charge is -2.51. The van der Waals surface area contributed by atoms with Gasteiger partial charge in [0.1, 0.15) is 0 Å². The molecule has 0 aromatic heterocycles. The van der Waals surface area contributed by atoms with Crippen molar-refractivity contribution in [1.82, 2.24) is 5.06 Å². The molecule has 148 valence electrons. The van der Waals surface area contributed by atoms with Gasteiger partial charge in [-0.25, -0.2) is 4.79 Å². The maximum atomic E-state index is 11.5. The van der Waals surface area contributed by atoms with Crippen molar-refractivity contribution in [2.75, 3.05) is 13.7 Å². The van der Waals surface area contributed by atoms with Crippen LogP contribution in [0.1, 0.15) is 62.9 Å². The Labute approximate surface area is 160 Å². The fourth-order valence-electron chi connectivity index (χ4n) is 3.63. The number of methoxy groups -OCH3 is 1. The molecule has 1 aliphatic rings. The summed E-state index contributed by atoms with van der Waals surface area (Å²) in [6.45, 7) is 8.24. The summed E-state index contributed by atoms with van der Waals surface area (Å²) < 4.78 is 4.65. The Morgan fingerprint density at radius 2 is 1.74 bits per heavy atom. The number of carbonyl (C=O) groups excluding carboxylic acids is 1. The summed E-state index contributed by atoms with van der Waals surface area (Å²) in [7, 11) is 1.31. The molecule has 1 aromatic carbocycles. The van der Waals surface area contributed by atoms with Gasteiger partial charge in [-0.15, -0.1) is 0 Å². The van der Waals surface area contributed by atoms with E-state index in [9.17, 15) is 14.9 Å². The second-order valence-electron chi connectivity index (χ2n) is 8.05. The number of rotatable bonds is 6. The topological polar surface area (TPSA) is 81.9 Å². The highest BCUT2D eigenvalue weighted by molar-refractivity contribution is 5.89. The minimum absolute atomic E-state index is 0.0435. The van der Waals surface area contributed by atoms with Crippen LogP contribution < -0.4 is 0 Å². The van der Waals surface area contributed by atoms with Crippen molar-refractivity contribution in [1.29, 1.82) is 0 Å². The Balaban J connectivity index is 2.16. The van der Waals surface area contributed by atoms with Gasteiger partial charge in [0.25, 0.3) is 5.70 Å². The first-order valence-corrected chi connectivity index (χ1v) is 9.03. The van der Waals surface area contributed by atoms with Crippen molar-refractivity contribution in [2.45, 2.75) is 58.0 Å². The first-order valence-electron chi connectivity index (χ1n) is 9.03. The average Bonchev–Trinajstić information content (AvgIpc) is 2.59. The number of nitrogens with zero attached hydrogens (tertiary/aromatic N) is 2. The van der Waals surface area contributed by atoms with Crippen LogP contribution in [0.4, 0.5) is 0 Å². The zero-order chi connectivity index (χ0) is 20.2. The van der Waals surface area contributed by atoms with Crippen LogP contribution in [0.25, 0.3) is 6.08 Å². The minimum Gasteiger partial charge on any atom is -0.465 e. The third kappa shape index (κ3) is 5.14. The van der Waals surface area contributed by atoms with E-state index in [0.29, 0.717) is 11.1 Å². The van der Waals surface area contributed by atoms with Gasteiger partial charge in [-0.2, -0.15) is 5.06 Å². The average molecular weight is 376 g/mol. The molecule has 27 heavy (non-hydrogen) atoms. The highest BCUT2D eigenvalue weighted by Gasteiger charge is 2.43. The minimum atomic E-state index is -0.446. The molecule has 0 unspecified atom stereocenters. The van der Waals surface area contributed by atoms with Gasteiger partial charge >= 0.3 is 5.97 Å². The molecule has 0 aliphatic carbocycles. The Bertz CT molecular complexity index is 706. The molecule has 0 spiro atoms. The zero-order valence-corrected chi connectivity index (χ0v) is 16.7. The first-order chi connectivity index (χ1) is 12.6. The number of hydrogen-bond donors (Lipinski definition) is 0. The molecule has 1 aliphatic heterocycles. The highest BCUT2D eigenvalue weighted by atomic mass is 16.7. The van der Waals surface area contributed by atoms with Crippen LogP contribution in [-0.2, 0) is 9.57 Å². The summed E-state index contributed by atoms with van der Waals surface area (Å²) in [6, 6.07) is 6.44. The molecule has 1 fully saturated rings. The number of piperidine rings is 1. The second kappa shape index (κ2) is 8.19. The van der Waals surface area contributed by atoms with Gasteiger partial charge in [-0.05, 0) is 64.7 Å². The van der Waals surface area contributed by atoms with Crippen LogP contribution in [0.5, 0.6) is 0 Å². The summed E-state index contributed by atoms with van der Waals surface area (Å²) >= 11 is 0. The maximum Gasteiger partial charge on any atom is 0.337 e. The Kier molecular flexibility index (Phi) is 6.38. The summed E-state index contributed by atoms with van der Waals surface area (Å²) in [5.41, 5.74) is 0.593. The van der Waals surface area contributed by atoms with E-state index in [0.717, 1.165) is 19.3 Å². The number of carbonyl (C=O) groups is 1. The molecule has 7 heteroatoms.